The Hall–Kier alpha value is -4.21. The van der Waals surface area contributed by atoms with Gasteiger partial charge >= 0.3 is 12.1 Å². The molecule has 1 aromatic heterocycles. The first kappa shape index (κ1) is 43.4. The zero-order valence-electron chi connectivity index (χ0n) is 33.9. The molecule has 1 N–H and O–H groups in total. The monoisotopic (exact) mass is 833 g/mol. The molecule has 1 saturated heterocycles. The average molecular weight is 834 g/mol. The molecule has 3 fully saturated rings. The van der Waals surface area contributed by atoms with Crippen LogP contribution in [0.1, 0.15) is 99.3 Å². The summed E-state index contributed by atoms with van der Waals surface area (Å²) in [5.41, 5.74) is -4.19. The molecule has 2 aromatic rings. The fraction of sp³-hybridized carbons (Fsp3) is 0.643. The van der Waals surface area contributed by atoms with E-state index in [1.807, 2.05) is 38.1 Å². The molecule has 58 heavy (non-hydrogen) atoms. The third-order valence-electron chi connectivity index (χ3n) is 12.6. The largest absolute Gasteiger partial charge is 0.492 e. The van der Waals surface area contributed by atoms with Crippen LogP contribution in [0.15, 0.2) is 42.6 Å². The number of ketones is 1. The maximum Gasteiger partial charge on any atom is 0.427 e. The Kier molecular flexibility index (Phi) is 12.0. The van der Waals surface area contributed by atoms with Gasteiger partial charge in [-0.05, 0) is 83.6 Å². The second-order valence-corrected chi connectivity index (χ2v) is 19.6. The molecule has 0 unspecified atom stereocenters. The topological polar surface area (TPSA) is 158 Å². The lowest BCUT2D eigenvalue weighted by atomic mass is 9.84. The number of ether oxygens (including phenoxy) is 3. The number of aromatic nitrogens is 1. The zero-order chi connectivity index (χ0) is 42.4. The quantitative estimate of drug-likeness (QED) is 0.198. The van der Waals surface area contributed by atoms with Crippen LogP contribution in [0.3, 0.4) is 0 Å². The molecule has 1 aromatic carbocycles. The van der Waals surface area contributed by atoms with Gasteiger partial charge in [-0.1, -0.05) is 50.6 Å². The number of nitrogens with one attached hydrogen (secondary N) is 1. The molecule has 0 spiro atoms. The molecule has 6 rings (SSSR count). The molecular formula is C42H54F3N3O9S. The summed E-state index contributed by atoms with van der Waals surface area (Å²) in [4.78, 5) is 62.5. The second kappa shape index (κ2) is 16.1. The van der Waals surface area contributed by atoms with E-state index in [2.05, 4.69) is 9.71 Å². The molecule has 2 aliphatic carbocycles. The Bertz CT molecular complexity index is 2070. The summed E-state index contributed by atoms with van der Waals surface area (Å²) in [6, 6.07) is 6.13. The summed E-state index contributed by atoms with van der Waals surface area (Å²) < 4.78 is 86.1. The highest BCUT2D eigenvalue weighted by molar-refractivity contribution is 7.91. The summed E-state index contributed by atoms with van der Waals surface area (Å²) >= 11 is 0. The molecular weight excluding hydrogens is 780 g/mol. The molecule has 2 aliphatic heterocycles. The van der Waals surface area contributed by atoms with E-state index in [0.717, 1.165) is 19.2 Å². The van der Waals surface area contributed by atoms with E-state index >= 15 is 0 Å². The van der Waals surface area contributed by atoms with Gasteiger partial charge in [0.1, 0.15) is 11.9 Å². The molecule has 0 bridgehead atoms. The highest BCUT2D eigenvalue weighted by Gasteiger charge is 2.63. The van der Waals surface area contributed by atoms with E-state index in [4.69, 9.17) is 14.2 Å². The summed E-state index contributed by atoms with van der Waals surface area (Å²) in [7, 11) is -4.03. The Labute approximate surface area is 337 Å². The number of alkyl halides is 3. The van der Waals surface area contributed by atoms with E-state index in [0.29, 0.717) is 49.8 Å². The van der Waals surface area contributed by atoms with Crippen LogP contribution in [0.4, 0.5) is 13.2 Å². The van der Waals surface area contributed by atoms with Crippen LogP contribution < -0.4 is 14.2 Å². The number of esters is 1. The number of Topliss-reactive ketones (excluding diaryl/α,β-unsaturated/α-hetero) is 1. The highest BCUT2D eigenvalue weighted by Crippen LogP contribution is 2.58. The van der Waals surface area contributed by atoms with Gasteiger partial charge in [0.15, 0.2) is 5.78 Å². The number of carbonyl (C=O) groups is 4. The van der Waals surface area contributed by atoms with Gasteiger partial charge in [0, 0.05) is 23.6 Å². The van der Waals surface area contributed by atoms with Crippen molar-refractivity contribution in [3.63, 3.8) is 0 Å². The molecule has 3 heterocycles. The number of halogens is 3. The first-order chi connectivity index (χ1) is 27.1. The van der Waals surface area contributed by atoms with Crippen LogP contribution in [-0.2, 0) is 33.9 Å². The number of nitrogens with zero attached hydrogens (tertiary/aromatic N) is 2. The Morgan fingerprint density at radius 2 is 1.74 bits per heavy atom. The van der Waals surface area contributed by atoms with Gasteiger partial charge < -0.3 is 19.1 Å². The van der Waals surface area contributed by atoms with E-state index in [1.54, 1.807) is 26.0 Å². The lowest BCUT2D eigenvalue weighted by Gasteiger charge is -2.32. The van der Waals surface area contributed by atoms with Gasteiger partial charge in [-0.25, -0.2) is 13.4 Å². The van der Waals surface area contributed by atoms with E-state index < -0.39 is 91.8 Å². The second-order valence-electron chi connectivity index (χ2n) is 17.4. The molecule has 2 saturated carbocycles. The number of benzene rings is 1. The van der Waals surface area contributed by atoms with Crippen LogP contribution in [0, 0.1) is 29.1 Å². The number of sulfonamides is 1. The predicted octanol–water partition coefficient (Wildman–Crippen LogP) is 6.85. The summed E-state index contributed by atoms with van der Waals surface area (Å²) in [6.45, 7) is 8.90. The number of fused-ring (bicyclic) bond motifs is 3. The number of carbonyl (C=O) groups excluding carboxylic acids is 4. The van der Waals surface area contributed by atoms with Crippen molar-refractivity contribution in [2.45, 2.75) is 128 Å². The van der Waals surface area contributed by atoms with Crippen molar-refractivity contribution in [3.8, 4) is 11.6 Å². The molecule has 318 valence electrons. The number of amides is 2. The minimum absolute atomic E-state index is 0.0172. The maximum absolute atomic E-state index is 14.8. The Morgan fingerprint density at radius 3 is 2.40 bits per heavy atom. The number of hydrogen-bond donors (Lipinski definition) is 1. The zero-order valence-corrected chi connectivity index (χ0v) is 34.7. The third kappa shape index (κ3) is 8.86. The van der Waals surface area contributed by atoms with Crippen LogP contribution in [0.2, 0.25) is 0 Å². The molecule has 12 nitrogen and oxygen atoms in total. The summed E-state index contributed by atoms with van der Waals surface area (Å²) in [5, 5.41) is 1.36. The Balaban J connectivity index is 1.35. The molecule has 16 heteroatoms. The molecule has 0 radical (unpaired) electrons. The SMILES string of the molecule is CCOc1cnc(O[C@@H]2C[C@H]3C(=O)C[C@]4(C(=O)NS(=O)(=O)C5(C)CC5)C[C@H]4/C=C\[C@H](C)CCC[C@@H](C)[C@H](CC(=O)OC(C)(C)C(F)(F)F)C(=O)N3C2)c2ccccc12. The van der Waals surface area contributed by atoms with Crippen LogP contribution in [0.5, 0.6) is 11.6 Å². The Morgan fingerprint density at radius 1 is 1.05 bits per heavy atom. The van der Waals surface area contributed by atoms with Crippen molar-refractivity contribution in [3.05, 3.63) is 42.6 Å². The van der Waals surface area contributed by atoms with Crippen LogP contribution >= 0.6 is 0 Å². The summed E-state index contributed by atoms with van der Waals surface area (Å²) in [6.07, 6.45) is 1.39. The number of allylic oxidation sites excluding steroid dienone is 2. The van der Waals surface area contributed by atoms with E-state index in [9.17, 15) is 40.8 Å². The molecule has 7 atom stereocenters. The highest BCUT2D eigenvalue weighted by atomic mass is 32.2. The standard InChI is InChI=1S/C42H54F3N3O9S/c1-7-55-34-23-46-36(30-14-9-8-13-29(30)34)56-28-19-32-33(49)22-41(38(52)47-58(53,54)40(6)17-18-40)21-27(41)16-15-25(2)11-10-12-26(3)31(37(51)48(32)24-28)20-35(50)57-39(4,5)42(43,44)45/h8-9,13-16,23,25-28,31-32H,7,10-12,17-22,24H2,1-6H3,(H,47,52)/b16-15-/t25-,26-,27-,28-,31+,32+,41-/m1/s1. The van der Waals surface area contributed by atoms with Gasteiger partial charge in [-0.3, -0.25) is 23.9 Å². The van der Waals surface area contributed by atoms with Gasteiger partial charge in [-0.2, -0.15) is 13.2 Å². The maximum atomic E-state index is 14.8. The number of rotatable bonds is 10. The van der Waals surface area contributed by atoms with Gasteiger partial charge in [0.25, 0.3) is 0 Å². The fourth-order valence-corrected chi connectivity index (χ4v) is 9.47. The molecule has 4 aliphatic rings. The van der Waals surface area contributed by atoms with Crippen molar-refractivity contribution in [1.82, 2.24) is 14.6 Å². The van der Waals surface area contributed by atoms with Crippen molar-refractivity contribution in [2.75, 3.05) is 13.2 Å². The van der Waals surface area contributed by atoms with Gasteiger partial charge in [0.05, 0.1) is 47.9 Å². The van der Waals surface area contributed by atoms with Crippen molar-refractivity contribution < 1.29 is 55.0 Å². The smallest absolute Gasteiger partial charge is 0.427 e. The summed E-state index contributed by atoms with van der Waals surface area (Å²) in [5.74, 6) is -4.39. The van der Waals surface area contributed by atoms with Crippen molar-refractivity contribution in [2.24, 2.45) is 29.1 Å². The predicted molar refractivity (Wildman–Crippen MR) is 208 cm³/mol. The lowest BCUT2D eigenvalue weighted by Crippen LogP contribution is -2.48. The van der Waals surface area contributed by atoms with Gasteiger partial charge in [0.2, 0.25) is 33.3 Å². The van der Waals surface area contributed by atoms with E-state index in [-0.39, 0.29) is 37.6 Å². The van der Waals surface area contributed by atoms with Crippen LogP contribution in [-0.4, -0.2) is 83.7 Å². The minimum Gasteiger partial charge on any atom is -0.492 e. The first-order valence-electron chi connectivity index (χ1n) is 20.2. The van der Waals surface area contributed by atoms with Crippen molar-refractivity contribution >= 4 is 44.4 Å². The minimum atomic E-state index is -4.86. The normalized spacial score (nSPS) is 29.6. The fourth-order valence-electron chi connectivity index (χ4n) is 8.14. The van der Waals surface area contributed by atoms with Gasteiger partial charge in [-0.15, -0.1) is 0 Å². The van der Waals surface area contributed by atoms with Crippen LogP contribution in [0.25, 0.3) is 10.8 Å². The van der Waals surface area contributed by atoms with Crippen molar-refractivity contribution in [1.29, 1.82) is 0 Å². The number of pyridine rings is 1. The number of hydrogen-bond acceptors (Lipinski definition) is 10. The average Bonchev–Trinajstić information content (AvgIpc) is 4.03. The molecule has 2 amide bonds. The first-order valence-corrected chi connectivity index (χ1v) is 21.6. The lowest BCUT2D eigenvalue weighted by molar-refractivity contribution is -0.257. The third-order valence-corrected chi connectivity index (χ3v) is 14.7. The van der Waals surface area contributed by atoms with E-state index in [1.165, 1.54) is 11.1 Å².